The molecule has 2 aliphatic rings. The SMILES string of the molecule is Cc1nc2ccccn2c(=O)c1CCN1CCC(Nc2nc3ccccc3n2Cc2cnccn2)C1.Cc1nc2ccccn2c(=O)c1CCN1CCC(Nc2nc3ccccc3n2Cc2cnccn2)C1.O=C(O)C=CC(=O)O.O=C(O)C=CC(=O)O.O=C(O)C=CC(=O)O.O=C(O)C=CC(=O)O.O=C(O)C=CC(=O)O. The van der Waals surface area contributed by atoms with E-state index in [1.807, 2.05) is 86.6 Å². The monoisotopic (exact) mass is 1540 g/mol. The van der Waals surface area contributed by atoms with E-state index < -0.39 is 59.7 Å². The van der Waals surface area contributed by atoms with Gasteiger partial charge in [-0.05, 0) is 88.1 Å². The van der Waals surface area contributed by atoms with Gasteiger partial charge in [0.25, 0.3) is 11.1 Å². The Morgan fingerprint density at radius 1 is 0.411 bits per heavy atom. The number of carboxylic acid groups (broad SMARTS) is 10. The molecule has 0 spiro atoms. The lowest BCUT2D eigenvalue weighted by Gasteiger charge is -2.18. The van der Waals surface area contributed by atoms with Gasteiger partial charge >= 0.3 is 59.7 Å². The molecule has 584 valence electrons. The number of carbonyl (C=O) groups is 10. The zero-order valence-corrected chi connectivity index (χ0v) is 59.7. The van der Waals surface area contributed by atoms with Gasteiger partial charge in [-0.1, -0.05) is 36.4 Å². The number of rotatable bonds is 24. The third-order valence-corrected chi connectivity index (χ3v) is 15.7. The first-order valence-corrected chi connectivity index (χ1v) is 33.5. The molecular formula is C74H76N16O22. The number of nitrogens with one attached hydrogen (secondary N) is 2. The van der Waals surface area contributed by atoms with Gasteiger partial charge in [0.1, 0.15) is 11.3 Å². The van der Waals surface area contributed by atoms with Crippen LogP contribution in [0.5, 0.6) is 0 Å². The molecule has 0 bridgehead atoms. The van der Waals surface area contributed by atoms with Crippen molar-refractivity contribution in [1.82, 2.24) is 67.6 Å². The summed E-state index contributed by atoms with van der Waals surface area (Å²) in [6, 6.07) is 28.1. The fourth-order valence-electron chi connectivity index (χ4n) is 10.8. The Hall–Kier alpha value is -14.8. The Balaban J connectivity index is 0.000000237. The van der Waals surface area contributed by atoms with Crippen LogP contribution in [0.25, 0.3) is 33.4 Å². The van der Waals surface area contributed by atoms with Crippen molar-refractivity contribution in [1.29, 1.82) is 0 Å². The third kappa shape index (κ3) is 29.2. The van der Waals surface area contributed by atoms with Gasteiger partial charge < -0.3 is 80.6 Å². The highest BCUT2D eigenvalue weighted by Gasteiger charge is 2.27. The summed E-state index contributed by atoms with van der Waals surface area (Å²) in [6.45, 7) is 10.5. The minimum absolute atomic E-state index is 0.0321. The zero-order chi connectivity index (χ0) is 81.8. The van der Waals surface area contributed by atoms with Crippen LogP contribution in [0, 0.1) is 13.8 Å². The van der Waals surface area contributed by atoms with Gasteiger partial charge in [0, 0.05) is 172 Å². The first kappa shape index (κ1) is 86.1. The number of likely N-dealkylation sites (tertiary alicyclic amines) is 2. The van der Waals surface area contributed by atoms with Gasteiger partial charge in [-0.2, -0.15) is 0 Å². The molecule has 0 aliphatic carbocycles. The van der Waals surface area contributed by atoms with E-state index >= 15 is 0 Å². The Morgan fingerprint density at radius 2 is 0.714 bits per heavy atom. The molecule has 2 atom stereocenters. The number of pyridine rings is 2. The topological polar surface area (TPSA) is 559 Å². The molecule has 0 radical (unpaired) electrons. The standard InChI is InChI=1S/2C27H28N8O.5C4H4O4/c2*1-19-22(26(36)34-13-5-4-8-25(34)30-19)10-15-33-14-9-20(17-33)31-27-32-23-6-2-3-7-24(23)35(27)18-21-16-28-11-12-29-21;5*5-3(6)1-2-4(7)8/h2*2-8,11-13,16,20H,9-10,14-15,17-18H2,1H3,(H,31,32);5*1-2H,(H,5,6)(H,7,8). The molecule has 10 heterocycles. The molecule has 0 saturated carbocycles. The average molecular weight is 1540 g/mol. The van der Waals surface area contributed by atoms with Crippen LogP contribution in [0.2, 0.25) is 0 Å². The quantitative estimate of drug-likeness (QED) is 0.0373. The highest BCUT2D eigenvalue weighted by Crippen LogP contribution is 2.26. The van der Waals surface area contributed by atoms with Crippen molar-refractivity contribution >= 4 is 105 Å². The van der Waals surface area contributed by atoms with Crippen LogP contribution in [0.15, 0.2) is 205 Å². The summed E-state index contributed by atoms with van der Waals surface area (Å²) in [6.07, 6.45) is 23.0. The summed E-state index contributed by atoms with van der Waals surface area (Å²) >= 11 is 0. The first-order chi connectivity index (χ1) is 53.4. The van der Waals surface area contributed by atoms with Crippen molar-refractivity contribution in [3.8, 4) is 0 Å². The second kappa shape index (κ2) is 43.7. The average Bonchev–Trinajstić information content (AvgIpc) is 1.51. The normalized spacial score (nSPS) is 13.8. The lowest BCUT2D eigenvalue weighted by atomic mass is 10.1. The smallest absolute Gasteiger partial charge is 0.328 e. The number of imidazole rings is 2. The van der Waals surface area contributed by atoms with Crippen molar-refractivity contribution < 1.29 is 99.0 Å². The van der Waals surface area contributed by atoms with Crippen LogP contribution in [0.3, 0.4) is 0 Å². The molecule has 12 N–H and O–H groups in total. The van der Waals surface area contributed by atoms with Crippen LogP contribution in [-0.2, 0) is 73.9 Å². The van der Waals surface area contributed by atoms with Crippen LogP contribution in [-0.4, -0.2) is 230 Å². The number of para-hydroxylation sites is 4. The highest BCUT2D eigenvalue weighted by atomic mass is 16.4. The molecule has 10 aromatic rings. The number of hydrogen-bond donors (Lipinski definition) is 12. The van der Waals surface area contributed by atoms with Crippen LogP contribution in [0.4, 0.5) is 11.9 Å². The predicted molar refractivity (Wildman–Crippen MR) is 401 cm³/mol. The van der Waals surface area contributed by atoms with Crippen LogP contribution in [0.1, 0.15) is 46.7 Å². The minimum atomic E-state index is -1.26. The summed E-state index contributed by atoms with van der Waals surface area (Å²) in [4.78, 5) is 163. The molecule has 2 aliphatic heterocycles. The molecule has 112 heavy (non-hydrogen) atoms. The molecule has 2 unspecified atom stereocenters. The number of aliphatic carboxylic acids is 10. The number of aromatic nitrogens is 12. The van der Waals surface area contributed by atoms with E-state index in [2.05, 4.69) is 71.6 Å². The Morgan fingerprint density at radius 3 is 1.01 bits per heavy atom. The minimum Gasteiger partial charge on any atom is -0.478 e. The number of fused-ring (bicyclic) bond motifs is 4. The molecule has 8 aromatic heterocycles. The van der Waals surface area contributed by atoms with Crippen molar-refractivity contribution in [3.63, 3.8) is 0 Å². The van der Waals surface area contributed by atoms with Gasteiger partial charge in [-0.25, -0.2) is 67.9 Å². The molecule has 38 nitrogen and oxygen atoms in total. The Kier molecular flexibility index (Phi) is 33.6. The maximum absolute atomic E-state index is 13.0. The number of anilines is 2. The number of aryl methyl sites for hydroxylation is 2. The third-order valence-electron chi connectivity index (χ3n) is 15.7. The summed E-state index contributed by atoms with van der Waals surface area (Å²) in [5.41, 5.74) is 10.5. The molecule has 2 fully saturated rings. The highest BCUT2D eigenvalue weighted by molar-refractivity contribution is 5.92. The van der Waals surface area contributed by atoms with E-state index in [1.165, 1.54) is 0 Å². The van der Waals surface area contributed by atoms with Gasteiger partial charge in [-0.15, -0.1) is 0 Å². The fraction of sp³-hybridized carbons (Fsp3) is 0.216. The van der Waals surface area contributed by atoms with Crippen molar-refractivity contribution in [3.05, 3.63) is 250 Å². The van der Waals surface area contributed by atoms with Crippen molar-refractivity contribution in [2.45, 2.75) is 64.7 Å². The molecule has 2 saturated heterocycles. The maximum atomic E-state index is 13.0. The van der Waals surface area contributed by atoms with E-state index in [4.69, 9.17) is 61.0 Å². The predicted octanol–water partition coefficient (Wildman–Crippen LogP) is 4.40. The summed E-state index contributed by atoms with van der Waals surface area (Å²) in [5, 5.41) is 85.5. The zero-order valence-electron chi connectivity index (χ0n) is 59.7. The fourth-order valence-corrected chi connectivity index (χ4v) is 10.8. The van der Waals surface area contributed by atoms with Gasteiger partial charge in [0.2, 0.25) is 11.9 Å². The van der Waals surface area contributed by atoms with Gasteiger partial charge in [-0.3, -0.25) is 38.3 Å². The second-order valence-corrected chi connectivity index (χ2v) is 23.6. The van der Waals surface area contributed by atoms with Crippen molar-refractivity contribution in [2.75, 3.05) is 49.9 Å². The van der Waals surface area contributed by atoms with Gasteiger partial charge in [0.05, 0.1) is 58.9 Å². The first-order valence-electron chi connectivity index (χ1n) is 33.5. The number of benzene rings is 2. The number of nitrogens with zero attached hydrogens (tertiary/aromatic N) is 14. The largest absolute Gasteiger partial charge is 0.478 e. The Labute approximate surface area is 633 Å². The van der Waals surface area contributed by atoms with Crippen LogP contribution < -0.4 is 21.8 Å². The second-order valence-electron chi connectivity index (χ2n) is 23.6. The Bertz CT molecular complexity index is 4750. The lowest BCUT2D eigenvalue weighted by molar-refractivity contribution is -0.134. The number of hydrogen-bond acceptors (Lipinski definition) is 24. The number of carboxylic acids is 10. The summed E-state index contributed by atoms with van der Waals surface area (Å²) in [7, 11) is 0. The van der Waals surface area contributed by atoms with E-state index in [0.717, 1.165) is 120 Å². The van der Waals surface area contributed by atoms with E-state index in [0.29, 0.717) is 98.0 Å². The molecule has 38 heteroatoms. The maximum Gasteiger partial charge on any atom is 0.328 e. The van der Waals surface area contributed by atoms with Crippen LogP contribution >= 0.6 is 0 Å². The van der Waals surface area contributed by atoms with E-state index in [9.17, 15) is 57.5 Å². The van der Waals surface area contributed by atoms with E-state index in [1.54, 1.807) is 58.4 Å². The molecular weight excluding hydrogens is 1460 g/mol. The molecule has 2 aromatic carbocycles. The molecule has 12 rings (SSSR count). The summed E-state index contributed by atoms with van der Waals surface area (Å²) in [5.74, 6) is -10.9. The van der Waals surface area contributed by atoms with E-state index in [-0.39, 0.29) is 23.2 Å². The molecule has 0 amide bonds. The van der Waals surface area contributed by atoms with Crippen molar-refractivity contribution in [2.24, 2.45) is 0 Å². The lowest BCUT2D eigenvalue weighted by Crippen LogP contribution is -2.30. The van der Waals surface area contributed by atoms with Gasteiger partial charge in [0.15, 0.2) is 0 Å². The summed E-state index contributed by atoms with van der Waals surface area (Å²) < 4.78 is 7.62.